The van der Waals surface area contributed by atoms with Gasteiger partial charge >= 0.3 is 5.97 Å². The maximum Gasteiger partial charge on any atom is 0.324 e. The molecule has 0 aromatic rings. The molecule has 1 rings (SSSR count). The normalized spacial score (nSPS) is 20.7. The van der Waals surface area contributed by atoms with E-state index in [1.54, 1.807) is 7.05 Å². The Morgan fingerprint density at radius 2 is 1.83 bits per heavy atom. The number of methoxy groups -OCH3 is 1. The summed E-state index contributed by atoms with van der Waals surface area (Å²) in [6.07, 6.45) is 0. The van der Waals surface area contributed by atoms with E-state index >= 15 is 0 Å². The minimum absolute atomic E-state index is 0.184. The molecule has 1 saturated heterocycles. The second-order valence-electron chi connectivity index (χ2n) is 5.82. The summed E-state index contributed by atoms with van der Waals surface area (Å²) >= 11 is 0. The predicted octanol–water partition coefficient (Wildman–Crippen LogP) is 0.164. The molecule has 0 aliphatic carbocycles. The first kappa shape index (κ1) is 15.4. The van der Waals surface area contributed by atoms with Gasteiger partial charge in [-0.2, -0.15) is 0 Å². The molecule has 1 heterocycles. The van der Waals surface area contributed by atoms with Gasteiger partial charge in [0.1, 0.15) is 6.04 Å². The molecule has 0 spiro atoms. The molecule has 5 nitrogen and oxygen atoms in total. The summed E-state index contributed by atoms with van der Waals surface area (Å²) in [4.78, 5) is 16.3. The lowest BCUT2D eigenvalue weighted by molar-refractivity contribution is -0.143. The third kappa shape index (κ3) is 4.23. The number of piperazine rings is 1. The third-order valence-corrected chi connectivity index (χ3v) is 3.60. The molecular formula is C13H27N3O2. The Morgan fingerprint density at radius 3 is 2.22 bits per heavy atom. The quantitative estimate of drug-likeness (QED) is 0.727. The topological polar surface area (TPSA) is 44.8 Å². The van der Waals surface area contributed by atoms with Crippen molar-refractivity contribution in [3.8, 4) is 0 Å². The molecule has 0 aromatic heterocycles. The van der Waals surface area contributed by atoms with Crippen LogP contribution in [-0.4, -0.2) is 74.2 Å². The van der Waals surface area contributed by atoms with Crippen molar-refractivity contribution in [3.63, 3.8) is 0 Å². The van der Waals surface area contributed by atoms with E-state index in [0.29, 0.717) is 0 Å². The van der Waals surface area contributed by atoms with Gasteiger partial charge in [0.2, 0.25) is 0 Å². The molecule has 0 aromatic carbocycles. The molecule has 1 unspecified atom stereocenters. The highest BCUT2D eigenvalue weighted by Gasteiger charge is 2.28. The van der Waals surface area contributed by atoms with E-state index in [9.17, 15) is 4.79 Å². The van der Waals surface area contributed by atoms with Crippen molar-refractivity contribution in [2.75, 3.05) is 46.9 Å². The van der Waals surface area contributed by atoms with E-state index in [1.165, 1.54) is 7.11 Å². The van der Waals surface area contributed by atoms with E-state index in [0.717, 1.165) is 32.7 Å². The van der Waals surface area contributed by atoms with Crippen molar-refractivity contribution in [1.29, 1.82) is 0 Å². The maximum atomic E-state index is 11.5. The summed E-state index contributed by atoms with van der Waals surface area (Å²) in [5.74, 6) is -0.184. The highest BCUT2D eigenvalue weighted by Crippen LogP contribution is 2.15. The van der Waals surface area contributed by atoms with Crippen molar-refractivity contribution < 1.29 is 9.53 Å². The van der Waals surface area contributed by atoms with Crippen LogP contribution in [0.15, 0.2) is 0 Å². The van der Waals surface area contributed by atoms with Gasteiger partial charge < -0.3 is 10.1 Å². The highest BCUT2D eigenvalue weighted by atomic mass is 16.5. The van der Waals surface area contributed by atoms with Crippen molar-refractivity contribution in [3.05, 3.63) is 0 Å². The van der Waals surface area contributed by atoms with Crippen LogP contribution in [0.3, 0.4) is 0 Å². The van der Waals surface area contributed by atoms with Gasteiger partial charge in [0, 0.05) is 38.3 Å². The van der Waals surface area contributed by atoms with Crippen LogP contribution >= 0.6 is 0 Å². The predicted molar refractivity (Wildman–Crippen MR) is 72.6 cm³/mol. The minimum Gasteiger partial charge on any atom is -0.468 e. The molecule has 0 saturated carbocycles. The largest absolute Gasteiger partial charge is 0.468 e. The molecule has 1 atom stereocenters. The standard InChI is InChI=1S/C13H27N3O2/c1-13(2,3)16-8-6-15(7-9-16)10-11(14-4)12(17)18-5/h11,14H,6-10H2,1-5H3. The lowest BCUT2D eigenvalue weighted by Gasteiger charge is -2.42. The molecule has 0 radical (unpaired) electrons. The zero-order valence-corrected chi connectivity index (χ0v) is 12.3. The summed E-state index contributed by atoms with van der Waals surface area (Å²) < 4.78 is 4.78. The van der Waals surface area contributed by atoms with Crippen LogP contribution in [-0.2, 0) is 9.53 Å². The van der Waals surface area contributed by atoms with Gasteiger partial charge in [-0.05, 0) is 27.8 Å². The Hall–Kier alpha value is -0.650. The summed E-state index contributed by atoms with van der Waals surface area (Å²) in [6, 6.07) is -0.226. The van der Waals surface area contributed by atoms with Crippen molar-refractivity contribution in [2.24, 2.45) is 0 Å². The molecule has 1 fully saturated rings. The number of esters is 1. The van der Waals surface area contributed by atoms with Crippen LogP contribution in [0.2, 0.25) is 0 Å². The Bertz CT molecular complexity index is 268. The van der Waals surface area contributed by atoms with Crippen molar-refractivity contribution in [2.45, 2.75) is 32.4 Å². The molecule has 106 valence electrons. The number of rotatable bonds is 4. The Labute approximate surface area is 110 Å². The molecule has 1 aliphatic rings. The van der Waals surface area contributed by atoms with Gasteiger partial charge in [0.25, 0.3) is 0 Å². The van der Waals surface area contributed by atoms with Crippen LogP contribution < -0.4 is 5.32 Å². The number of nitrogens with one attached hydrogen (secondary N) is 1. The van der Waals surface area contributed by atoms with Gasteiger partial charge in [0.15, 0.2) is 0 Å². The van der Waals surface area contributed by atoms with Crippen LogP contribution in [0.1, 0.15) is 20.8 Å². The van der Waals surface area contributed by atoms with Crippen LogP contribution in [0.25, 0.3) is 0 Å². The van der Waals surface area contributed by atoms with Crippen molar-refractivity contribution >= 4 is 5.97 Å². The number of carbonyl (C=O) groups excluding carboxylic acids is 1. The smallest absolute Gasteiger partial charge is 0.324 e. The first-order chi connectivity index (χ1) is 8.38. The number of likely N-dealkylation sites (N-methyl/N-ethyl adjacent to an activating group) is 1. The fraction of sp³-hybridized carbons (Fsp3) is 0.923. The lowest BCUT2D eigenvalue weighted by atomic mass is 10.0. The number of ether oxygens (including phenoxy) is 1. The highest BCUT2D eigenvalue weighted by molar-refractivity contribution is 5.75. The van der Waals surface area contributed by atoms with E-state index in [-0.39, 0.29) is 17.6 Å². The summed E-state index contributed by atoms with van der Waals surface area (Å²) in [5, 5.41) is 3.01. The molecule has 0 bridgehead atoms. The van der Waals surface area contributed by atoms with Crippen LogP contribution in [0.5, 0.6) is 0 Å². The summed E-state index contributed by atoms with van der Waals surface area (Å²) in [6.45, 7) is 11.6. The molecular weight excluding hydrogens is 230 g/mol. The number of hydrogen-bond donors (Lipinski definition) is 1. The lowest BCUT2D eigenvalue weighted by Crippen LogP contribution is -2.56. The average Bonchev–Trinajstić information content (AvgIpc) is 2.34. The van der Waals surface area contributed by atoms with Gasteiger partial charge in [-0.1, -0.05) is 0 Å². The van der Waals surface area contributed by atoms with E-state index in [2.05, 4.69) is 35.9 Å². The molecule has 18 heavy (non-hydrogen) atoms. The van der Waals surface area contributed by atoms with E-state index in [1.807, 2.05) is 0 Å². The van der Waals surface area contributed by atoms with Crippen LogP contribution in [0.4, 0.5) is 0 Å². The zero-order chi connectivity index (χ0) is 13.8. The van der Waals surface area contributed by atoms with E-state index < -0.39 is 0 Å². The number of nitrogens with zero attached hydrogens (tertiary/aromatic N) is 2. The molecule has 5 heteroatoms. The number of carbonyl (C=O) groups is 1. The first-order valence-corrected chi connectivity index (χ1v) is 6.61. The first-order valence-electron chi connectivity index (χ1n) is 6.61. The van der Waals surface area contributed by atoms with Gasteiger partial charge in [0.05, 0.1) is 7.11 Å². The monoisotopic (exact) mass is 257 g/mol. The van der Waals surface area contributed by atoms with Crippen molar-refractivity contribution in [1.82, 2.24) is 15.1 Å². The second kappa shape index (κ2) is 6.50. The Morgan fingerprint density at radius 1 is 1.28 bits per heavy atom. The van der Waals surface area contributed by atoms with Gasteiger partial charge in [-0.15, -0.1) is 0 Å². The fourth-order valence-corrected chi connectivity index (χ4v) is 2.29. The van der Waals surface area contributed by atoms with E-state index in [4.69, 9.17) is 4.74 Å². The Kier molecular flexibility index (Phi) is 5.56. The molecule has 0 amide bonds. The third-order valence-electron chi connectivity index (χ3n) is 3.60. The summed E-state index contributed by atoms with van der Waals surface area (Å²) in [5.41, 5.74) is 0.233. The van der Waals surface area contributed by atoms with Crippen LogP contribution in [0, 0.1) is 0 Å². The summed E-state index contributed by atoms with van der Waals surface area (Å²) in [7, 11) is 3.23. The number of hydrogen-bond acceptors (Lipinski definition) is 5. The second-order valence-corrected chi connectivity index (χ2v) is 5.82. The SMILES string of the molecule is CNC(CN1CCN(C(C)(C)C)CC1)C(=O)OC. The average molecular weight is 257 g/mol. The van der Waals surface area contributed by atoms with Gasteiger partial charge in [-0.25, -0.2) is 0 Å². The molecule has 1 N–H and O–H groups in total. The Balaban J connectivity index is 2.41. The zero-order valence-electron chi connectivity index (χ0n) is 12.3. The fourth-order valence-electron chi connectivity index (χ4n) is 2.29. The molecule has 1 aliphatic heterocycles. The minimum atomic E-state index is -0.226. The van der Waals surface area contributed by atoms with Gasteiger partial charge in [-0.3, -0.25) is 14.6 Å². The maximum absolute atomic E-state index is 11.5.